The summed E-state index contributed by atoms with van der Waals surface area (Å²) in [7, 11) is 0. The highest BCUT2D eigenvalue weighted by atomic mass is 16.5. The molecular formula is C15H25N5O3. The Morgan fingerprint density at radius 1 is 1.35 bits per heavy atom. The first-order valence-electron chi connectivity index (χ1n) is 8.22. The SMILES string of the molecule is O=C(NCc1ccn[nH]1)NC[C@@H]([C@@H]1CCOC1)N1CCOCC1. The maximum atomic E-state index is 12.0. The molecule has 2 atom stereocenters. The van der Waals surface area contributed by atoms with Gasteiger partial charge in [-0.2, -0.15) is 5.10 Å². The summed E-state index contributed by atoms with van der Waals surface area (Å²) in [6.45, 7) is 6.02. The van der Waals surface area contributed by atoms with Crippen LogP contribution >= 0.6 is 0 Å². The Labute approximate surface area is 135 Å². The third kappa shape index (κ3) is 4.66. The highest BCUT2D eigenvalue weighted by Crippen LogP contribution is 2.21. The summed E-state index contributed by atoms with van der Waals surface area (Å²) >= 11 is 0. The van der Waals surface area contributed by atoms with E-state index in [0.717, 1.165) is 51.6 Å². The summed E-state index contributed by atoms with van der Waals surface area (Å²) in [6.07, 6.45) is 2.73. The molecule has 2 saturated heterocycles. The molecule has 128 valence electrons. The molecule has 1 aromatic heterocycles. The lowest BCUT2D eigenvalue weighted by Crippen LogP contribution is -2.53. The minimum Gasteiger partial charge on any atom is -0.381 e. The fourth-order valence-corrected chi connectivity index (χ4v) is 3.18. The predicted octanol–water partition coefficient (Wildman–Crippen LogP) is -0.0538. The van der Waals surface area contributed by atoms with Crippen LogP contribution in [-0.4, -0.2) is 73.2 Å². The molecule has 8 nitrogen and oxygen atoms in total. The molecule has 2 amide bonds. The van der Waals surface area contributed by atoms with Crippen molar-refractivity contribution in [1.82, 2.24) is 25.7 Å². The fourth-order valence-electron chi connectivity index (χ4n) is 3.18. The molecule has 3 rings (SSSR count). The highest BCUT2D eigenvalue weighted by molar-refractivity contribution is 5.73. The standard InChI is InChI=1S/C15H25N5O3/c21-15(16-9-13-1-3-18-19-13)17-10-14(12-2-6-23-11-12)20-4-7-22-8-5-20/h1,3,12,14H,2,4-11H2,(H,18,19)(H2,16,17,21)/t12-,14+/m1/s1. The van der Waals surface area contributed by atoms with Crippen LogP contribution in [-0.2, 0) is 16.0 Å². The van der Waals surface area contributed by atoms with Crippen molar-refractivity contribution in [3.63, 3.8) is 0 Å². The summed E-state index contributed by atoms with van der Waals surface area (Å²) in [6, 6.07) is 1.99. The third-order valence-electron chi connectivity index (χ3n) is 4.49. The van der Waals surface area contributed by atoms with Gasteiger partial charge in [-0.05, 0) is 12.5 Å². The molecule has 0 spiro atoms. The zero-order valence-corrected chi connectivity index (χ0v) is 13.3. The molecule has 2 aliphatic heterocycles. The summed E-state index contributed by atoms with van der Waals surface area (Å²) in [5, 5.41) is 12.5. The van der Waals surface area contributed by atoms with E-state index >= 15 is 0 Å². The van der Waals surface area contributed by atoms with E-state index in [0.29, 0.717) is 25.0 Å². The first-order valence-corrected chi connectivity index (χ1v) is 8.22. The number of aromatic nitrogens is 2. The Hall–Kier alpha value is -1.64. The van der Waals surface area contributed by atoms with E-state index in [1.807, 2.05) is 6.07 Å². The van der Waals surface area contributed by atoms with Crippen molar-refractivity contribution in [3.8, 4) is 0 Å². The van der Waals surface area contributed by atoms with Crippen molar-refractivity contribution in [1.29, 1.82) is 0 Å². The molecule has 0 saturated carbocycles. The van der Waals surface area contributed by atoms with Gasteiger partial charge in [0.15, 0.2) is 0 Å². The van der Waals surface area contributed by atoms with Gasteiger partial charge in [0.1, 0.15) is 0 Å². The third-order valence-corrected chi connectivity index (χ3v) is 4.49. The first-order chi connectivity index (χ1) is 11.3. The zero-order chi connectivity index (χ0) is 15.9. The average Bonchev–Trinajstić information content (AvgIpc) is 3.28. The van der Waals surface area contributed by atoms with E-state index in [-0.39, 0.29) is 6.03 Å². The van der Waals surface area contributed by atoms with Crippen LogP contribution in [0.5, 0.6) is 0 Å². The van der Waals surface area contributed by atoms with Crippen molar-refractivity contribution in [2.24, 2.45) is 5.92 Å². The molecule has 0 aromatic carbocycles. The van der Waals surface area contributed by atoms with Crippen molar-refractivity contribution in [2.45, 2.75) is 19.0 Å². The molecule has 3 N–H and O–H groups in total. The number of hydrogen-bond donors (Lipinski definition) is 3. The van der Waals surface area contributed by atoms with E-state index < -0.39 is 0 Å². The van der Waals surface area contributed by atoms with Crippen LogP contribution in [0.4, 0.5) is 4.79 Å². The number of carbonyl (C=O) groups is 1. The number of H-pyrrole nitrogens is 1. The van der Waals surface area contributed by atoms with E-state index in [1.165, 1.54) is 0 Å². The second kappa shape index (κ2) is 8.28. The van der Waals surface area contributed by atoms with Gasteiger partial charge < -0.3 is 20.1 Å². The molecule has 2 fully saturated rings. The number of ether oxygens (including phenoxy) is 2. The Kier molecular flexibility index (Phi) is 5.84. The number of nitrogens with zero attached hydrogens (tertiary/aromatic N) is 2. The molecule has 0 aliphatic carbocycles. The average molecular weight is 323 g/mol. The number of nitrogens with one attached hydrogen (secondary N) is 3. The fraction of sp³-hybridized carbons (Fsp3) is 0.733. The van der Waals surface area contributed by atoms with Crippen LogP contribution in [0.15, 0.2) is 12.3 Å². The van der Waals surface area contributed by atoms with Gasteiger partial charge >= 0.3 is 6.03 Å². The zero-order valence-electron chi connectivity index (χ0n) is 13.3. The van der Waals surface area contributed by atoms with Gasteiger partial charge in [-0.1, -0.05) is 0 Å². The lowest BCUT2D eigenvalue weighted by atomic mass is 9.97. The van der Waals surface area contributed by atoms with Gasteiger partial charge in [0.05, 0.1) is 32.1 Å². The largest absolute Gasteiger partial charge is 0.381 e. The van der Waals surface area contributed by atoms with E-state index in [1.54, 1.807) is 6.20 Å². The van der Waals surface area contributed by atoms with E-state index in [4.69, 9.17) is 9.47 Å². The lowest BCUT2D eigenvalue weighted by molar-refractivity contribution is 0.00212. The lowest BCUT2D eigenvalue weighted by Gasteiger charge is -2.37. The van der Waals surface area contributed by atoms with Gasteiger partial charge in [-0.25, -0.2) is 4.79 Å². The first kappa shape index (κ1) is 16.2. The van der Waals surface area contributed by atoms with Gasteiger partial charge in [0, 0.05) is 44.4 Å². The summed E-state index contributed by atoms with van der Waals surface area (Å²) in [5.41, 5.74) is 0.883. The van der Waals surface area contributed by atoms with Crippen molar-refractivity contribution < 1.29 is 14.3 Å². The van der Waals surface area contributed by atoms with Crippen LogP contribution in [0.25, 0.3) is 0 Å². The molecule has 0 unspecified atom stereocenters. The molecule has 8 heteroatoms. The van der Waals surface area contributed by atoms with Gasteiger partial charge in [0.2, 0.25) is 0 Å². The van der Waals surface area contributed by atoms with E-state index in [9.17, 15) is 4.79 Å². The highest BCUT2D eigenvalue weighted by Gasteiger charge is 2.31. The van der Waals surface area contributed by atoms with Crippen LogP contribution in [0.1, 0.15) is 12.1 Å². The molecule has 2 aliphatic rings. The Bertz CT molecular complexity index is 469. The molecule has 3 heterocycles. The van der Waals surface area contributed by atoms with Gasteiger partial charge in [0.25, 0.3) is 0 Å². The van der Waals surface area contributed by atoms with Crippen LogP contribution < -0.4 is 10.6 Å². The smallest absolute Gasteiger partial charge is 0.315 e. The number of morpholine rings is 1. The topological polar surface area (TPSA) is 91.5 Å². The quantitative estimate of drug-likeness (QED) is 0.682. The summed E-state index contributed by atoms with van der Waals surface area (Å²) in [5.74, 6) is 0.473. The summed E-state index contributed by atoms with van der Waals surface area (Å²) < 4.78 is 11.0. The number of aromatic amines is 1. The molecular weight excluding hydrogens is 298 g/mol. The number of carbonyl (C=O) groups excluding carboxylic acids is 1. The van der Waals surface area contributed by atoms with Crippen molar-refractivity contribution in [2.75, 3.05) is 46.1 Å². The van der Waals surface area contributed by atoms with E-state index in [2.05, 4.69) is 25.7 Å². The van der Waals surface area contributed by atoms with Gasteiger partial charge in [-0.15, -0.1) is 0 Å². The maximum Gasteiger partial charge on any atom is 0.315 e. The molecule has 23 heavy (non-hydrogen) atoms. The van der Waals surface area contributed by atoms with Gasteiger partial charge in [-0.3, -0.25) is 10.00 Å². The number of rotatable bonds is 6. The minimum atomic E-state index is -0.156. The predicted molar refractivity (Wildman–Crippen MR) is 83.9 cm³/mol. The Balaban J connectivity index is 1.47. The van der Waals surface area contributed by atoms with Crippen LogP contribution in [0.3, 0.4) is 0 Å². The second-order valence-corrected chi connectivity index (χ2v) is 5.98. The molecule has 0 bridgehead atoms. The maximum absolute atomic E-state index is 12.0. The van der Waals surface area contributed by atoms with Crippen molar-refractivity contribution >= 4 is 6.03 Å². The Morgan fingerprint density at radius 3 is 2.91 bits per heavy atom. The number of amides is 2. The number of hydrogen-bond acceptors (Lipinski definition) is 5. The normalized spacial score (nSPS) is 23.6. The Morgan fingerprint density at radius 2 is 2.22 bits per heavy atom. The van der Waals surface area contributed by atoms with Crippen molar-refractivity contribution in [3.05, 3.63) is 18.0 Å². The van der Waals surface area contributed by atoms with Crippen LogP contribution in [0.2, 0.25) is 0 Å². The number of urea groups is 1. The van der Waals surface area contributed by atoms with Crippen LogP contribution in [0, 0.1) is 5.92 Å². The monoisotopic (exact) mass is 323 g/mol. The molecule has 1 aromatic rings. The molecule has 0 radical (unpaired) electrons. The minimum absolute atomic E-state index is 0.156. The second-order valence-electron chi connectivity index (χ2n) is 5.98. The summed E-state index contributed by atoms with van der Waals surface area (Å²) in [4.78, 5) is 14.4.